The standard InChI is InChI=1S/C10H9ClN2O5/c1-12(5-9(14)15)10(16)6-2-3-7(11)8(4-6)13(17)18/h2-4H,5H2,1H3,(H,14,15). The third-order valence-corrected chi connectivity index (χ3v) is 2.43. The average Bonchev–Trinajstić information content (AvgIpc) is 2.27. The third-order valence-electron chi connectivity index (χ3n) is 2.11. The first kappa shape index (κ1) is 13.9. The Labute approximate surface area is 107 Å². The summed E-state index contributed by atoms with van der Waals surface area (Å²) in [5.74, 6) is -1.80. The van der Waals surface area contributed by atoms with Crippen molar-refractivity contribution in [1.29, 1.82) is 0 Å². The normalized spacial score (nSPS) is 9.89. The number of carboxylic acids is 1. The van der Waals surface area contributed by atoms with E-state index in [1.807, 2.05) is 0 Å². The molecule has 8 heteroatoms. The highest BCUT2D eigenvalue weighted by atomic mass is 35.5. The fourth-order valence-corrected chi connectivity index (χ4v) is 1.47. The lowest BCUT2D eigenvalue weighted by Crippen LogP contribution is -2.31. The first-order valence-electron chi connectivity index (χ1n) is 4.74. The number of hydrogen-bond donors (Lipinski definition) is 1. The van der Waals surface area contributed by atoms with Gasteiger partial charge in [-0.05, 0) is 12.1 Å². The Balaban J connectivity index is 3.03. The van der Waals surface area contributed by atoms with Crippen molar-refractivity contribution in [3.63, 3.8) is 0 Å². The van der Waals surface area contributed by atoms with Gasteiger partial charge < -0.3 is 10.0 Å². The van der Waals surface area contributed by atoms with E-state index in [9.17, 15) is 19.7 Å². The van der Waals surface area contributed by atoms with Crippen LogP contribution in [0.3, 0.4) is 0 Å². The Morgan fingerprint density at radius 3 is 2.61 bits per heavy atom. The Bertz CT molecular complexity index is 517. The van der Waals surface area contributed by atoms with Crippen LogP contribution < -0.4 is 0 Å². The van der Waals surface area contributed by atoms with Crippen LogP contribution in [0.25, 0.3) is 0 Å². The number of nitrogens with zero attached hydrogens (tertiary/aromatic N) is 2. The predicted octanol–water partition coefficient (Wildman–Crippen LogP) is 1.40. The van der Waals surface area contributed by atoms with E-state index in [1.54, 1.807) is 0 Å². The Kier molecular flexibility index (Phi) is 4.22. The van der Waals surface area contributed by atoms with E-state index >= 15 is 0 Å². The van der Waals surface area contributed by atoms with Gasteiger partial charge in [-0.1, -0.05) is 11.6 Å². The largest absolute Gasteiger partial charge is 0.480 e. The van der Waals surface area contributed by atoms with Gasteiger partial charge in [-0.2, -0.15) is 0 Å². The zero-order chi connectivity index (χ0) is 13.9. The lowest BCUT2D eigenvalue weighted by atomic mass is 10.2. The van der Waals surface area contributed by atoms with Crippen LogP contribution in [-0.4, -0.2) is 40.4 Å². The zero-order valence-corrected chi connectivity index (χ0v) is 10.0. The van der Waals surface area contributed by atoms with Gasteiger partial charge in [0.2, 0.25) is 0 Å². The van der Waals surface area contributed by atoms with Crippen molar-refractivity contribution in [3.8, 4) is 0 Å². The SMILES string of the molecule is CN(CC(=O)O)C(=O)c1ccc(Cl)c([N+](=O)[O-])c1. The molecule has 0 fully saturated rings. The maximum atomic E-state index is 11.8. The predicted molar refractivity (Wildman–Crippen MR) is 62.7 cm³/mol. The molecule has 0 aromatic heterocycles. The molecule has 96 valence electrons. The molecule has 0 aliphatic rings. The summed E-state index contributed by atoms with van der Waals surface area (Å²) < 4.78 is 0. The number of amides is 1. The molecule has 1 aromatic rings. The van der Waals surface area contributed by atoms with Gasteiger partial charge in [0.05, 0.1) is 4.92 Å². The summed E-state index contributed by atoms with van der Waals surface area (Å²) in [5, 5.41) is 19.1. The lowest BCUT2D eigenvalue weighted by molar-refractivity contribution is -0.384. The summed E-state index contributed by atoms with van der Waals surface area (Å²) in [5.41, 5.74) is -0.388. The number of carbonyl (C=O) groups is 2. The van der Waals surface area contributed by atoms with Gasteiger partial charge in [0.15, 0.2) is 0 Å². The van der Waals surface area contributed by atoms with E-state index in [1.165, 1.54) is 19.2 Å². The fourth-order valence-electron chi connectivity index (χ4n) is 1.28. The van der Waals surface area contributed by atoms with Crippen LogP contribution in [0.2, 0.25) is 5.02 Å². The van der Waals surface area contributed by atoms with Crippen molar-refractivity contribution >= 4 is 29.2 Å². The van der Waals surface area contributed by atoms with Crippen LogP contribution in [0, 0.1) is 10.1 Å². The van der Waals surface area contributed by atoms with E-state index in [0.29, 0.717) is 0 Å². The number of carboxylic acid groups (broad SMARTS) is 1. The molecule has 0 spiro atoms. The minimum atomic E-state index is -1.17. The third kappa shape index (κ3) is 3.17. The molecular formula is C10H9ClN2O5. The molecule has 1 amide bonds. The summed E-state index contributed by atoms with van der Waals surface area (Å²) in [6, 6.07) is 3.54. The van der Waals surface area contributed by atoms with E-state index in [-0.39, 0.29) is 10.6 Å². The molecule has 0 saturated carbocycles. The monoisotopic (exact) mass is 272 g/mol. The molecule has 0 aliphatic carbocycles. The van der Waals surface area contributed by atoms with E-state index in [2.05, 4.69) is 0 Å². The molecule has 1 N–H and O–H groups in total. The quantitative estimate of drug-likeness (QED) is 0.659. The van der Waals surface area contributed by atoms with Gasteiger partial charge in [-0.25, -0.2) is 0 Å². The van der Waals surface area contributed by atoms with Crippen LogP contribution in [0.5, 0.6) is 0 Å². The summed E-state index contributed by atoms with van der Waals surface area (Å²) in [6.07, 6.45) is 0. The summed E-state index contributed by atoms with van der Waals surface area (Å²) in [4.78, 5) is 33.1. The number of nitro groups is 1. The number of halogens is 1. The molecule has 0 unspecified atom stereocenters. The number of nitro benzene ring substituents is 1. The lowest BCUT2D eigenvalue weighted by Gasteiger charge is -2.14. The van der Waals surface area contributed by atoms with Crippen molar-refractivity contribution in [2.24, 2.45) is 0 Å². The first-order chi connectivity index (χ1) is 8.32. The summed E-state index contributed by atoms with van der Waals surface area (Å²) >= 11 is 5.60. The molecular weight excluding hydrogens is 264 g/mol. The second-order valence-electron chi connectivity index (χ2n) is 3.48. The van der Waals surface area contributed by atoms with Crippen molar-refractivity contribution in [3.05, 3.63) is 38.9 Å². The maximum absolute atomic E-state index is 11.8. The van der Waals surface area contributed by atoms with E-state index in [4.69, 9.17) is 16.7 Å². The van der Waals surface area contributed by atoms with Crippen LogP contribution in [0.4, 0.5) is 5.69 Å². The van der Waals surface area contributed by atoms with Crippen molar-refractivity contribution in [2.45, 2.75) is 0 Å². The summed E-state index contributed by atoms with van der Waals surface area (Å²) in [6.45, 7) is -0.491. The van der Waals surface area contributed by atoms with Gasteiger partial charge in [0.1, 0.15) is 11.6 Å². The van der Waals surface area contributed by atoms with Gasteiger partial charge in [-0.3, -0.25) is 19.7 Å². The minimum absolute atomic E-state index is 0.00912. The van der Waals surface area contributed by atoms with Crippen molar-refractivity contribution in [2.75, 3.05) is 13.6 Å². The Morgan fingerprint density at radius 2 is 2.11 bits per heavy atom. The molecule has 0 saturated heterocycles. The smallest absolute Gasteiger partial charge is 0.323 e. The minimum Gasteiger partial charge on any atom is -0.480 e. The van der Waals surface area contributed by atoms with Crippen LogP contribution in [-0.2, 0) is 4.79 Å². The van der Waals surface area contributed by atoms with Gasteiger partial charge in [0, 0.05) is 18.7 Å². The van der Waals surface area contributed by atoms with Gasteiger partial charge >= 0.3 is 5.97 Å². The van der Waals surface area contributed by atoms with E-state index in [0.717, 1.165) is 11.0 Å². The molecule has 0 heterocycles. The number of likely N-dealkylation sites (N-methyl/N-ethyl adjacent to an activating group) is 1. The molecule has 1 rings (SSSR count). The zero-order valence-electron chi connectivity index (χ0n) is 9.29. The maximum Gasteiger partial charge on any atom is 0.323 e. The number of carbonyl (C=O) groups excluding carboxylic acids is 1. The van der Waals surface area contributed by atoms with Crippen LogP contribution >= 0.6 is 11.6 Å². The van der Waals surface area contributed by atoms with Crippen LogP contribution in [0.15, 0.2) is 18.2 Å². The number of hydrogen-bond acceptors (Lipinski definition) is 4. The molecule has 0 aliphatic heterocycles. The number of aliphatic carboxylic acids is 1. The second kappa shape index (κ2) is 5.46. The topological polar surface area (TPSA) is 101 Å². The number of rotatable bonds is 4. The van der Waals surface area contributed by atoms with E-state index < -0.39 is 29.0 Å². The van der Waals surface area contributed by atoms with Crippen molar-refractivity contribution < 1.29 is 19.6 Å². The fraction of sp³-hybridized carbons (Fsp3) is 0.200. The average molecular weight is 273 g/mol. The molecule has 0 atom stereocenters. The van der Waals surface area contributed by atoms with Crippen LogP contribution in [0.1, 0.15) is 10.4 Å². The van der Waals surface area contributed by atoms with Crippen molar-refractivity contribution in [1.82, 2.24) is 4.90 Å². The first-order valence-corrected chi connectivity index (χ1v) is 5.12. The molecule has 0 bridgehead atoms. The van der Waals surface area contributed by atoms with Gasteiger partial charge in [0.25, 0.3) is 11.6 Å². The highest BCUT2D eigenvalue weighted by Crippen LogP contribution is 2.25. The molecule has 1 aromatic carbocycles. The highest BCUT2D eigenvalue weighted by molar-refractivity contribution is 6.32. The molecule has 0 radical (unpaired) electrons. The summed E-state index contributed by atoms with van der Waals surface area (Å²) in [7, 11) is 1.29. The molecule has 18 heavy (non-hydrogen) atoms. The highest BCUT2D eigenvalue weighted by Gasteiger charge is 2.19. The Morgan fingerprint density at radius 1 is 1.50 bits per heavy atom. The number of benzene rings is 1. The second-order valence-corrected chi connectivity index (χ2v) is 3.89. The van der Waals surface area contributed by atoms with Gasteiger partial charge in [-0.15, -0.1) is 0 Å². The molecule has 7 nitrogen and oxygen atoms in total. The Hall–Kier alpha value is -2.15.